The van der Waals surface area contributed by atoms with E-state index in [9.17, 15) is 22.4 Å². The molecule has 0 aliphatic heterocycles. The summed E-state index contributed by atoms with van der Waals surface area (Å²) in [4.78, 5) is 12.4. The highest BCUT2D eigenvalue weighted by Gasteiger charge is 2.31. The molecular formula is C23H28F4O3Si2. The Bertz CT molecular complexity index is 910. The summed E-state index contributed by atoms with van der Waals surface area (Å²) in [5.41, 5.74) is 1.63. The number of rotatable bonds is 7. The molecule has 3 nitrogen and oxygen atoms in total. The third kappa shape index (κ3) is 6.68. The van der Waals surface area contributed by atoms with Crippen LogP contribution in [0.4, 0.5) is 17.6 Å². The Morgan fingerprint density at radius 3 is 2.25 bits per heavy atom. The van der Waals surface area contributed by atoms with Crippen LogP contribution in [0.15, 0.2) is 42.5 Å². The summed E-state index contributed by atoms with van der Waals surface area (Å²) in [5.74, 6) is -1.66. The van der Waals surface area contributed by atoms with Gasteiger partial charge < -0.3 is 9.47 Å². The molecule has 1 atom stereocenters. The molecule has 3 rings (SSSR count). The molecule has 0 bridgehead atoms. The zero-order valence-corrected chi connectivity index (χ0v) is 21.4. The van der Waals surface area contributed by atoms with E-state index in [0.29, 0.717) is 5.92 Å². The molecule has 1 unspecified atom stereocenters. The fourth-order valence-electron chi connectivity index (χ4n) is 4.53. The number of halogens is 4. The molecule has 32 heavy (non-hydrogen) atoms. The van der Waals surface area contributed by atoms with Crippen molar-refractivity contribution in [3.63, 3.8) is 0 Å². The van der Waals surface area contributed by atoms with Crippen molar-refractivity contribution in [1.29, 1.82) is 0 Å². The van der Waals surface area contributed by atoms with Crippen molar-refractivity contribution in [2.75, 3.05) is 0 Å². The van der Waals surface area contributed by atoms with Gasteiger partial charge in [-0.3, -0.25) is 0 Å². The molecule has 0 radical (unpaired) electrons. The van der Waals surface area contributed by atoms with Crippen LogP contribution < -0.4 is 9.47 Å². The van der Waals surface area contributed by atoms with E-state index in [0.717, 1.165) is 48.2 Å². The molecule has 2 aromatic carbocycles. The molecule has 0 aromatic heterocycles. The van der Waals surface area contributed by atoms with Crippen molar-refractivity contribution in [2.45, 2.75) is 62.9 Å². The van der Waals surface area contributed by atoms with E-state index in [1.54, 1.807) is 6.07 Å². The average molecular weight is 485 g/mol. The van der Waals surface area contributed by atoms with Gasteiger partial charge in [0.15, 0.2) is 0 Å². The van der Waals surface area contributed by atoms with Crippen LogP contribution in [0.5, 0.6) is 11.5 Å². The molecule has 1 aliphatic carbocycles. The minimum atomic E-state index is -4.81. The summed E-state index contributed by atoms with van der Waals surface area (Å²) >= 11 is 0. The minimum Gasteiger partial charge on any atom is -0.423 e. The van der Waals surface area contributed by atoms with Crippen LogP contribution in [0.3, 0.4) is 0 Å². The second-order valence-electron chi connectivity index (χ2n) is 8.53. The first-order chi connectivity index (χ1) is 15.2. The first kappa shape index (κ1) is 24.5. The van der Waals surface area contributed by atoms with Crippen LogP contribution >= 0.6 is 0 Å². The highest BCUT2D eigenvalue weighted by atomic mass is 29.1. The molecular weight excluding hydrogens is 456 g/mol. The summed E-state index contributed by atoms with van der Waals surface area (Å²) in [7, 11) is 0.811. The van der Waals surface area contributed by atoms with Crippen molar-refractivity contribution in [2.24, 2.45) is 0 Å². The zero-order chi connectivity index (χ0) is 23.3. The Morgan fingerprint density at radius 1 is 1.06 bits per heavy atom. The second-order valence-corrected chi connectivity index (χ2v) is 16.4. The first-order valence-electron chi connectivity index (χ1n) is 11.0. The molecule has 0 amide bonds. The topological polar surface area (TPSA) is 35.5 Å². The van der Waals surface area contributed by atoms with Gasteiger partial charge in [-0.2, -0.15) is 0 Å². The van der Waals surface area contributed by atoms with Gasteiger partial charge in [-0.1, -0.05) is 43.8 Å². The van der Waals surface area contributed by atoms with E-state index in [4.69, 9.17) is 4.74 Å². The average Bonchev–Trinajstić information content (AvgIpc) is 2.74. The van der Waals surface area contributed by atoms with Gasteiger partial charge in [0.25, 0.3) is 0 Å². The van der Waals surface area contributed by atoms with Crippen LogP contribution in [-0.4, -0.2) is 30.4 Å². The van der Waals surface area contributed by atoms with Gasteiger partial charge in [-0.25, -0.2) is 9.18 Å². The molecule has 1 saturated carbocycles. The van der Waals surface area contributed by atoms with Gasteiger partial charge in [0, 0.05) is 8.31 Å². The Morgan fingerprint density at radius 2 is 1.69 bits per heavy atom. The Kier molecular flexibility index (Phi) is 8.16. The monoisotopic (exact) mass is 484 g/mol. The van der Waals surface area contributed by atoms with Crippen LogP contribution in [-0.2, 0) is 0 Å². The van der Waals surface area contributed by atoms with Crippen molar-refractivity contribution in [1.82, 2.24) is 0 Å². The number of carbonyl (C=O) groups excluding carboxylic acids is 1. The predicted octanol–water partition coefficient (Wildman–Crippen LogP) is 5.47. The van der Waals surface area contributed by atoms with Crippen molar-refractivity contribution in [3.05, 3.63) is 59.4 Å². The van der Waals surface area contributed by atoms with Crippen LogP contribution in [0.25, 0.3) is 0 Å². The quantitative estimate of drug-likeness (QED) is 0.226. The Hall–Kier alpha value is -2.14. The van der Waals surface area contributed by atoms with E-state index >= 15 is 0 Å². The maximum Gasteiger partial charge on any atom is 0.573 e. The zero-order valence-electron chi connectivity index (χ0n) is 18.3. The number of alkyl halides is 3. The fraction of sp³-hybridized carbons (Fsp3) is 0.435. The maximum absolute atomic E-state index is 14.7. The largest absolute Gasteiger partial charge is 0.573 e. The highest BCUT2D eigenvalue weighted by Crippen LogP contribution is 2.40. The van der Waals surface area contributed by atoms with E-state index in [1.165, 1.54) is 47.2 Å². The Balaban J connectivity index is 1.60. The van der Waals surface area contributed by atoms with E-state index in [2.05, 4.69) is 11.7 Å². The minimum absolute atomic E-state index is 0.000222. The van der Waals surface area contributed by atoms with Crippen molar-refractivity contribution >= 4 is 24.0 Å². The lowest BCUT2D eigenvalue weighted by Gasteiger charge is -2.32. The second kappa shape index (κ2) is 10.7. The lowest BCUT2D eigenvalue weighted by Crippen LogP contribution is -2.25. The van der Waals surface area contributed by atoms with Gasteiger partial charge in [0.1, 0.15) is 17.3 Å². The summed E-state index contributed by atoms with van der Waals surface area (Å²) in [6.07, 6.45) is 1.06. The highest BCUT2D eigenvalue weighted by molar-refractivity contribution is 7.04. The number of ether oxygens (including phenoxy) is 2. The number of esters is 1. The van der Waals surface area contributed by atoms with Gasteiger partial charge in [-0.15, -0.1) is 13.2 Å². The molecule has 0 spiro atoms. The summed E-state index contributed by atoms with van der Waals surface area (Å²) in [6, 6.07) is 10.4. The lowest BCUT2D eigenvalue weighted by atomic mass is 9.83. The standard InChI is InChI=1S/C23H28F4O3Si2/c1-2-13-32(31)19-10-3-15(4-11-19)16-5-12-20(21(24)14-16)22(28)29-17-6-8-18(9-7-17)30-23(25,26)27/h5-9,12,14-15,19,32H,2-4,10-11,13H2,1,31H3/t15-,19-,32?. The van der Waals surface area contributed by atoms with Gasteiger partial charge in [-0.05, 0) is 70.5 Å². The molecule has 9 heteroatoms. The number of hydrogen-bond acceptors (Lipinski definition) is 3. The third-order valence-corrected chi connectivity index (χ3v) is 14.6. The van der Waals surface area contributed by atoms with Gasteiger partial charge in [0.2, 0.25) is 0 Å². The summed E-state index contributed by atoms with van der Waals surface area (Å²) in [6.45, 7) is 2.26. The summed E-state index contributed by atoms with van der Waals surface area (Å²) < 4.78 is 60.2. The lowest BCUT2D eigenvalue weighted by molar-refractivity contribution is -0.274. The number of hydrogen-bond donors (Lipinski definition) is 0. The SMILES string of the molecule is CCC[SiH]([SiH3])[C@H]1CC[C@H](c2ccc(C(=O)Oc3ccc(OC(F)(F)F)cc3)c(F)c2)CC1. The molecule has 2 aromatic rings. The molecule has 1 fully saturated rings. The molecule has 1 aliphatic rings. The molecule has 174 valence electrons. The smallest absolute Gasteiger partial charge is 0.423 e. The van der Waals surface area contributed by atoms with E-state index in [-0.39, 0.29) is 11.3 Å². The van der Waals surface area contributed by atoms with Gasteiger partial charge >= 0.3 is 12.3 Å². The van der Waals surface area contributed by atoms with Crippen LogP contribution in [0, 0.1) is 5.82 Å². The van der Waals surface area contributed by atoms with Crippen LogP contribution in [0.1, 0.15) is 60.9 Å². The fourth-order valence-corrected chi connectivity index (χ4v) is 11.2. The third-order valence-electron chi connectivity index (χ3n) is 6.27. The molecule has 0 saturated heterocycles. The van der Waals surface area contributed by atoms with Crippen LogP contribution in [0.2, 0.25) is 11.6 Å². The number of benzene rings is 2. The predicted molar refractivity (Wildman–Crippen MR) is 122 cm³/mol. The van der Waals surface area contributed by atoms with E-state index in [1.807, 2.05) is 0 Å². The van der Waals surface area contributed by atoms with Gasteiger partial charge in [0.05, 0.1) is 5.56 Å². The number of carbonyl (C=O) groups is 1. The van der Waals surface area contributed by atoms with Crippen molar-refractivity contribution < 1.29 is 31.8 Å². The first-order valence-corrected chi connectivity index (χ1v) is 17.1. The summed E-state index contributed by atoms with van der Waals surface area (Å²) in [5, 5.41) is 0. The maximum atomic E-state index is 14.7. The molecule has 0 N–H and O–H groups in total. The van der Waals surface area contributed by atoms with Crippen molar-refractivity contribution in [3.8, 4) is 11.5 Å². The van der Waals surface area contributed by atoms with E-state index < -0.39 is 32.2 Å². The Labute approximate surface area is 189 Å². The molecule has 0 heterocycles. The normalized spacial score (nSPS) is 20.0.